The van der Waals surface area contributed by atoms with Crippen molar-refractivity contribution in [2.24, 2.45) is 0 Å². The number of nitrogens with zero attached hydrogens (tertiary/aromatic N) is 1. The van der Waals surface area contributed by atoms with E-state index in [0.717, 1.165) is 24.5 Å². The summed E-state index contributed by atoms with van der Waals surface area (Å²) in [6, 6.07) is 6.72. The molecule has 0 fully saturated rings. The first-order valence-corrected chi connectivity index (χ1v) is 7.70. The molecule has 19 heavy (non-hydrogen) atoms. The molecule has 0 aliphatic heterocycles. The Kier molecular flexibility index (Phi) is 7.25. The van der Waals surface area contributed by atoms with Gasteiger partial charge in [-0.05, 0) is 38.4 Å². The standard InChI is InChI=1S/C16H27ClN2/c1-5-8-13(3)19(4)16-10-7-9-15(17)14(16)12-18-11-6-2/h7,9-10,13,18H,5-6,8,11-12H2,1-4H3. The first-order valence-electron chi connectivity index (χ1n) is 7.32. The number of nitrogens with one attached hydrogen (secondary N) is 1. The molecule has 0 spiro atoms. The minimum atomic E-state index is 0.536. The summed E-state index contributed by atoms with van der Waals surface area (Å²) >= 11 is 6.37. The minimum Gasteiger partial charge on any atom is -0.372 e. The van der Waals surface area contributed by atoms with E-state index < -0.39 is 0 Å². The topological polar surface area (TPSA) is 15.3 Å². The average molecular weight is 283 g/mol. The van der Waals surface area contributed by atoms with E-state index in [1.54, 1.807) is 0 Å². The Bertz CT molecular complexity index is 379. The number of anilines is 1. The van der Waals surface area contributed by atoms with Gasteiger partial charge in [-0.2, -0.15) is 0 Å². The lowest BCUT2D eigenvalue weighted by Crippen LogP contribution is -2.30. The van der Waals surface area contributed by atoms with Crippen molar-refractivity contribution >= 4 is 17.3 Å². The van der Waals surface area contributed by atoms with E-state index >= 15 is 0 Å². The molecule has 1 rings (SSSR count). The van der Waals surface area contributed by atoms with E-state index in [0.29, 0.717) is 6.04 Å². The van der Waals surface area contributed by atoms with Crippen LogP contribution >= 0.6 is 11.6 Å². The Morgan fingerprint density at radius 3 is 2.63 bits per heavy atom. The fraction of sp³-hybridized carbons (Fsp3) is 0.625. The average Bonchev–Trinajstić information content (AvgIpc) is 2.40. The molecule has 108 valence electrons. The van der Waals surface area contributed by atoms with Crippen LogP contribution in [-0.2, 0) is 6.54 Å². The van der Waals surface area contributed by atoms with Crippen molar-refractivity contribution in [1.82, 2.24) is 5.32 Å². The molecule has 3 heteroatoms. The quantitative estimate of drug-likeness (QED) is 0.708. The molecule has 1 aromatic rings. The van der Waals surface area contributed by atoms with Gasteiger partial charge in [-0.3, -0.25) is 0 Å². The van der Waals surface area contributed by atoms with Gasteiger partial charge in [-0.25, -0.2) is 0 Å². The van der Waals surface area contributed by atoms with Gasteiger partial charge < -0.3 is 10.2 Å². The van der Waals surface area contributed by atoms with Crippen LogP contribution in [0.3, 0.4) is 0 Å². The maximum Gasteiger partial charge on any atom is 0.0471 e. The smallest absolute Gasteiger partial charge is 0.0471 e. The van der Waals surface area contributed by atoms with Crippen LogP contribution < -0.4 is 10.2 Å². The molecule has 0 radical (unpaired) electrons. The van der Waals surface area contributed by atoms with Crippen LogP contribution in [0.4, 0.5) is 5.69 Å². The van der Waals surface area contributed by atoms with Gasteiger partial charge in [0.25, 0.3) is 0 Å². The Balaban J connectivity index is 2.89. The fourth-order valence-electron chi connectivity index (χ4n) is 2.29. The molecule has 0 saturated heterocycles. The van der Waals surface area contributed by atoms with E-state index in [1.165, 1.54) is 24.1 Å². The molecular formula is C16H27ClN2. The Morgan fingerprint density at radius 1 is 1.26 bits per heavy atom. The molecule has 0 amide bonds. The second-order valence-corrected chi connectivity index (χ2v) is 5.57. The minimum absolute atomic E-state index is 0.536. The summed E-state index contributed by atoms with van der Waals surface area (Å²) in [5.41, 5.74) is 2.46. The summed E-state index contributed by atoms with van der Waals surface area (Å²) in [4.78, 5) is 2.35. The van der Waals surface area contributed by atoms with E-state index in [1.807, 2.05) is 12.1 Å². The molecule has 0 aliphatic rings. The SMILES string of the molecule is CCCNCc1c(Cl)cccc1N(C)C(C)CCC. The number of hydrogen-bond donors (Lipinski definition) is 1. The van der Waals surface area contributed by atoms with E-state index in [-0.39, 0.29) is 0 Å². The first kappa shape index (κ1) is 16.3. The van der Waals surface area contributed by atoms with E-state index in [2.05, 4.69) is 44.1 Å². The number of hydrogen-bond acceptors (Lipinski definition) is 2. The van der Waals surface area contributed by atoms with Crippen LogP contribution in [0, 0.1) is 0 Å². The third kappa shape index (κ3) is 4.70. The molecule has 1 aromatic carbocycles. The molecule has 0 aliphatic carbocycles. The summed E-state index contributed by atoms with van der Waals surface area (Å²) < 4.78 is 0. The van der Waals surface area contributed by atoms with Gasteiger partial charge in [0, 0.05) is 35.9 Å². The molecule has 0 saturated carbocycles. The maximum absolute atomic E-state index is 6.37. The lowest BCUT2D eigenvalue weighted by Gasteiger charge is -2.29. The second kappa shape index (κ2) is 8.44. The van der Waals surface area contributed by atoms with Gasteiger partial charge in [0.15, 0.2) is 0 Å². The largest absolute Gasteiger partial charge is 0.372 e. The van der Waals surface area contributed by atoms with Crippen molar-refractivity contribution in [2.45, 2.75) is 52.6 Å². The van der Waals surface area contributed by atoms with Crippen molar-refractivity contribution in [2.75, 3.05) is 18.5 Å². The van der Waals surface area contributed by atoms with Crippen molar-refractivity contribution in [3.05, 3.63) is 28.8 Å². The summed E-state index contributed by atoms with van der Waals surface area (Å²) in [5, 5.41) is 4.31. The molecule has 0 heterocycles. The zero-order valence-corrected chi connectivity index (χ0v) is 13.4. The Morgan fingerprint density at radius 2 is 2.00 bits per heavy atom. The zero-order valence-electron chi connectivity index (χ0n) is 12.7. The van der Waals surface area contributed by atoms with E-state index in [4.69, 9.17) is 11.6 Å². The van der Waals surface area contributed by atoms with Crippen LogP contribution in [0.15, 0.2) is 18.2 Å². The highest BCUT2D eigenvalue weighted by Gasteiger charge is 2.14. The highest BCUT2D eigenvalue weighted by molar-refractivity contribution is 6.31. The number of halogens is 1. The van der Waals surface area contributed by atoms with Crippen molar-refractivity contribution in [3.63, 3.8) is 0 Å². The van der Waals surface area contributed by atoms with Gasteiger partial charge >= 0.3 is 0 Å². The number of benzene rings is 1. The molecule has 0 bridgehead atoms. The molecular weight excluding hydrogens is 256 g/mol. The maximum atomic E-state index is 6.37. The third-order valence-electron chi connectivity index (χ3n) is 3.57. The van der Waals surface area contributed by atoms with Crippen molar-refractivity contribution < 1.29 is 0 Å². The van der Waals surface area contributed by atoms with Gasteiger partial charge in [0.2, 0.25) is 0 Å². The molecule has 2 nitrogen and oxygen atoms in total. The van der Waals surface area contributed by atoms with Crippen LogP contribution in [0.25, 0.3) is 0 Å². The fourth-order valence-corrected chi connectivity index (χ4v) is 2.53. The van der Waals surface area contributed by atoms with Crippen LogP contribution in [-0.4, -0.2) is 19.6 Å². The van der Waals surface area contributed by atoms with Crippen LogP contribution in [0.5, 0.6) is 0 Å². The molecule has 0 aromatic heterocycles. The predicted octanol–water partition coefficient (Wildman–Crippen LogP) is 4.46. The number of rotatable bonds is 8. The second-order valence-electron chi connectivity index (χ2n) is 5.16. The van der Waals surface area contributed by atoms with Gasteiger partial charge in [0.05, 0.1) is 0 Å². The molecule has 1 N–H and O–H groups in total. The first-order chi connectivity index (χ1) is 9.11. The lowest BCUT2D eigenvalue weighted by molar-refractivity contribution is 0.610. The predicted molar refractivity (Wildman–Crippen MR) is 86.2 cm³/mol. The summed E-state index contributed by atoms with van der Waals surface area (Å²) in [6.07, 6.45) is 3.54. The lowest BCUT2D eigenvalue weighted by atomic mass is 10.1. The summed E-state index contributed by atoms with van der Waals surface area (Å²) in [5.74, 6) is 0. The highest BCUT2D eigenvalue weighted by atomic mass is 35.5. The Hall–Kier alpha value is -0.730. The van der Waals surface area contributed by atoms with E-state index in [9.17, 15) is 0 Å². The molecule has 1 atom stereocenters. The summed E-state index contributed by atoms with van der Waals surface area (Å²) in [6.45, 7) is 8.54. The van der Waals surface area contributed by atoms with Crippen LogP contribution in [0.2, 0.25) is 5.02 Å². The Labute approximate surface area is 123 Å². The monoisotopic (exact) mass is 282 g/mol. The van der Waals surface area contributed by atoms with Gasteiger partial charge in [-0.15, -0.1) is 0 Å². The summed E-state index contributed by atoms with van der Waals surface area (Å²) in [7, 11) is 2.16. The van der Waals surface area contributed by atoms with Crippen molar-refractivity contribution in [1.29, 1.82) is 0 Å². The van der Waals surface area contributed by atoms with Crippen LogP contribution in [0.1, 0.15) is 45.6 Å². The third-order valence-corrected chi connectivity index (χ3v) is 3.92. The van der Waals surface area contributed by atoms with Crippen molar-refractivity contribution in [3.8, 4) is 0 Å². The zero-order chi connectivity index (χ0) is 14.3. The van der Waals surface area contributed by atoms with Gasteiger partial charge in [0.1, 0.15) is 0 Å². The highest BCUT2D eigenvalue weighted by Crippen LogP contribution is 2.28. The normalized spacial score (nSPS) is 12.5. The van der Waals surface area contributed by atoms with Gasteiger partial charge in [-0.1, -0.05) is 37.9 Å². The molecule has 1 unspecified atom stereocenters.